The zero-order chi connectivity index (χ0) is 11.8. The van der Waals surface area contributed by atoms with E-state index in [4.69, 9.17) is 0 Å². The van der Waals surface area contributed by atoms with Crippen molar-refractivity contribution >= 4 is 29.9 Å². The Morgan fingerprint density at radius 2 is 1.76 bits per heavy atom. The lowest BCUT2D eigenvalue weighted by Gasteiger charge is -2.12. The van der Waals surface area contributed by atoms with E-state index in [1.165, 1.54) is 11.1 Å². The molecular formula is C13H22IN3. The first kappa shape index (κ1) is 16.2. The van der Waals surface area contributed by atoms with E-state index in [-0.39, 0.29) is 24.0 Å². The maximum Gasteiger partial charge on any atom is 0.191 e. The van der Waals surface area contributed by atoms with Gasteiger partial charge in [-0.05, 0) is 24.5 Å². The Labute approximate surface area is 121 Å². The van der Waals surface area contributed by atoms with Crippen LogP contribution in [0.2, 0.25) is 0 Å². The third-order valence-corrected chi connectivity index (χ3v) is 2.51. The Kier molecular flexibility index (Phi) is 8.85. The lowest BCUT2D eigenvalue weighted by atomic mass is 10.1. The molecule has 0 spiro atoms. The molecule has 0 saturated heterocycles. The van der Waals surface area contributed by atoms with Crippen LogP contribution in [-0.2, 0) is 13.0 Å². The van der Waals surface area contributed by atoms with Crippen molar-refractivity contribution in [1.82, 2.24) is 10.6 Å². The van der Waals surface area contributed by atoms with E-state index in [9.17, 15) is 0 Å². The number of rotatable bonds is 4. The molecule has 0 atom stereocenters. The summed E-state index contributed by atoms with van der Waals surface area (Å²) in [6.45, 7) is 5.95. The highest BCUT2D eigenvalue weighted by Crippen LogP contribution is 2.08. The zero-order valence-electron chi connectivity index (χ0n) is 10.8. The van der Waals surface area contributed by atoms with Gasteiger partial charge in [-0.3, -0.25) is 4.99 Å². The molecule has 0 fully saturated rings. The summed E-state index contributed by atoms with van der Waals surface area (Å²) in [6.07, 6.45) is 1.07. The monoisotopic (exact) mass is 347 g/mol. The van der Waals surface area contributed by atoms with E-state index >= 15 is 0 Å². The molecule has 0 aliphatic heterocycles. The number of aliphatic imine (C=N–C) groups is 1. The Balaban J connectivity index is 0.00000256. The molecule has 1 rings (SSSR count). The maximum atomic E-state index is 4.14. The van der Waals surface area contributed by atoms with Crippen LogP contribution in [0.3, 0.4) is 0 Å². The van der Waals surface area contributed by atoms with Crippen LogP contribution in [0, 0.1) is 0 Å². The molecule has 96 valence electrons. The summed E-state index contributed by atoms with van der Waals surface area (Å²) in [6, 6.07) is 8.49. The van der Waals surface area contributed by atoms with Gasteiger partial charge < -0.3 is 10.6 Å². The highest BCUT2D eigenvalue weighted by atomic mass is 127. The molecule has 0 heterocycles. The average Bonchev–Trinajstić information content (AvgIpc) is 2.34. The first-order chi connectivity index (χ1) is 7.81. The number of halogens is 1. The number of nitrogens with one attached hydrogen (secondary N) is 2. The number of benzene rings is 1. The van der Waals surface area contributed by atoms with Crippen molar-refractivity contribution in [3.05, 3.63) is 35.4 Å². The molecule has 0 aliphatic carbocycles. The van der Waals surface area contributed by atoms with Gasteiger partial charge in [0.2, 0.25) is 0 Å². The van der Waals surface area contributed by atoms with Crippen molar-refractivity contribution in [1.29, 1.82) is 0 Å². The van der Waals surface area contributed by atoms with Gasteiger partial charge >= 0.3 is 0 Å². The SMILES string of the molecule is CCNC(=NC)NCc1ccccc1CC.I. The molecule has 0 radical (unpaired) electrons. The van der Waals surface area contributed by atoms with Gasteiger partial charge in [0.1, 0.15) is 0 Å². The lowest BCUT2D eigenvalue weighted by molar-refractivity contribution is 0.821. The molecule has 0 unspecified atom stereocenters. The predicted molar refractivity (Wildman–Crippen MR) is 85.1 cm³/mol. The van der Waals surface area contributed by atoms with Crippen molar-refractivity contribution in [3.63, 3.8) is 0 Å². The van der Waals surface area contributed by atoms with E-state index in [0.717, 1.165) is 25.5 Å². The van der Waals surface area contributed by atoms with Crippen molar-refractivity contribution in [2.75, 3.05) is 13.6 Å². The van der Waals surface area contributed by atoms with E-state index in [0.29, 0.717) is 0 Å². The molecule has 3 nitrogen and oxygen atoms in total. The minimum absolute atomic E-state index is 0. The number of hydrogen-bond acceptors (Lipinski definition) is 1. The van der Waals surface area contributed by atoms with Gasteiger partial charge in [0.05, 0.1) is 0 Å². The molecular weight excluding hydrogens is 325 g/mol. The highest BCUT2D eigenvalue weighted by Gasteiger charge is 2.00. The number of aryl methyl sites for hydroxylation is 1. The summed E-state index contributed by atoms with van der Waals surface area (Å²) in [5.74, 6) is 0.855. The van der Waals surface area contributed by atoms with Crippen LogP contribution in [0.25, 0.3) is 0 Å². The minimum Gasteiger partial charge on any atom is -0.357 e. The molecule has 0 amide bonds. The van der Waals surface area contributed by atoms with Gasteiger partial charge in [0.15, 0.2) is 5.96 Å². The van der Waals surface area contributed by atoms with Crippen molar-refractivity contribution < 1.29 is 0 Å². The molecule has 0 saturated carbocycles. The quantitative estimate of drug-likeness (QED) is 0.499. The van der Waals surface area contributed by atoms with Crippen LogP contribution in [0.15, 0.2) is 29.3 Å². The molecule has 0 aliphatic rings. The van der Waals surface area contributed by atoms with E-state index in [1.807, 2.05) is 0 Å². The van der Waals surface area contributed by atoms with Crippen molar-refractivity contribution in [3.8, 4) is 0 Å². The third kappa shape index (κ3) is 5.39. The predicted octanol–water partition coefficient (Wildman–Crippen LogP) is 2.55. The zero-order valence-corrected chi connectivity index (χ0v) is 13.1. The fourth-order valence-electron chi connectivity index (χ4n) is 1.64. The smallest absolute Gasteiger partial charge is 0.191 e. The molecule has 0 bridgehead atoms. The number of nitrogens with zero attached hydrogens (tertiary/aromatic N) is 1. The van der Waals surface area contributed by atoms with Crippen molar-refractivity contribution in [2.24, 2.45) is 4.99 Å². The summed E-state index contributed by atoms with van der Waals surface area (Å²) >= 11 is 0. The second-order valence-corrected chi connectivity index (χ2v) is 3.58. The summed E-state index contributed by atoms with van der Waals surface area (Å²) < 4.78 is 0. The van der Waals surface area contributed by atoms with Gasteiger partial charge in [-0.25, -0.2) is 0 Å². The Hall–Kier alpha value is -0.780. The summed E-state index contributed by atoms with van der Waals surface area (Å²) in [5.41, 5.74) is 2.73. The first-order valence-corrected chi connectivity index (χ1v) is 5.83. The summed E-state index contributed by atoms with van der Waals surface area (Å²) in [4.78, 5) is 4.14. The third-order valence-electron chi connectivity index (χ3n) is 2.51. The number of hydrogen-bond donors (Lipinski definition) is 2. The van der Waals surface area contributed by atoms with Crippen LogP contribution in [0.1, 0.15) is 25.0 Å². The van der Waals surface area contributed by atoms with Crippen LogP contribution < -0.4 is 10.6 Å². The van der Waals surface area contributed by atoms with Crippen LogP contribution in [-0.4, -0.2) is 19.6 Å². The van der Waals surface area contributed by atoms with Crippen LogP contribution >= 0.6 is 24.0 Å². The Morgan fingerprint density at radius 3 is 2.29 bits per heavy atom. The average molecular weight is 347 g/mol. The highest BCUT2D eigenvalue weighted by molar-refractivity contribution is 14.0. The normalized spacial score (nSPS) is 10.6. The van der Waals surface area contributed by atoms with Gasteiger partial charge in [0.25, 0.3) is 0 Å². The van der Waals surface area contributed by atoms with Crippen LogP contribution in [0.5, 0.6) is 0 Å². The maximum absolute atomic E-state index is 4.14. The Morgan fingerprint density at radius 1 is 1.12 bits per heavy atom. The standard InChI is InChI=1S/C13H21N3.HI/c1-4-11-8-6-7-9-12(11)10-16-13(14-3)15-5-2;/h6-9H,4-5,10H2,1-3H3,(H2,14,15,16);1H. The molecule has 17 heavy (non-hydrogen) atoms. The molecule has 1 aromatic rings. The fourth-order valence-corrected chi connectivity index (χ4v) is 1.64. The largest absolute Gasteiger partial charge is 0.357 e. The number of guanidine groups is 1. The summed E-state index contributed by atoms with van der Waals surface area (Å²) in [5, 5.41) is 6.48. The van der Waals surface area contributed by atoms with E-state index in [2.05, 4.69) is 53.7 Å². The topological polar surface area (TPSA) is 36.4 Å². The first-order valence-electron chi connectivity index (χ1n) is 5.83. The van der Waals surface area contributed by atoms with E-state index in [1.54, 1.807) is 7.05 Å². The molecule has 0 aromatic heterocycles. The second-order valence-electron chi connectivity index (χ2n) is 3.58. The van der Waals surface area contributed by atoms with Gasteiger partial charge in [-0.2, -0.15) is 0 Å². The Bertz CT molecular complexity index is 350. The fraction of sp³-hybridized carbons (Fsp3) is 0.462. The van der Waals surface area contributed by atoms with Gasteiger partial charge in [-0.1, -0.05) is 31.2 Å². The summed E-state index contributed by atoms with van der Waals surface area (Å²) in [7, 11) is 1.79. The second kappa shape index (κ2) is 9.27. The van der Waals surface area contributed by atoms with Gasteiger partial charge in [-0.15, -0.1) is 24.0 Å². The molecule has 1 aromatic carbocycles. The minimum atomic E-state index is 0. The van der Waals surface area contributed by atoms with Crippen LogP contribution in [0.4, 0.5) is 0 Å². The van der Waals surface area contributed by atoms with Crippen molar-refractivity contribution in [2.45, 2.75) is 26.8 Å². The van der Waals surface area contributed by atoms with Gasteiger partial charge in [0, 0.05) is 20.1 Å². The molecule has 4 heteroatoms. The molecule has 2 N–H and O–H groups in total. The lowest BCUT2D eigenvalue weighted by Crippen LogP contribution is -2.36. The van der Waals surface area contributed by atoms with E-state index < -0.39 is 0 Å².